The van der Waals surface area contributed by atoms with E-state index in [0.717, 1.165) is 0 Å². The number of nitrogens with zero attached hydrogens (tertiary/aromatic N) is 1. The average molecular weight is 432 g/mol. The lowest BCUT2D eigenvalue weighted by Crippen LogP contribution is -2.41. The summed E-state index contributed by atoms with van der Waals surface area (Å²) in [6.45, 7) is 2.84. The number of esters is 1. The van der Waals surface area contributed by atoms with Crippen molar-refractivity contribution in [3.8, 4) is 0 Å². The maximum atomic E-state index is 13.2. The number of benzene rings is 1. The second-order valence-corrected chi connectivity index (χ2v) is 8.13. The number of morpholine rings is 1. The zero-order chi connectivity index (χ0) is 18.2. The van der Waals surface area contributed by atoms with Gasteiger partial charge in [0.25, 0.3) is 0 Å². The lowest BCUT2D eigenvalue weighted by molar-refractivity contribution is 0.0515. The molecule has 0 radical (unpaired) electrons. The average Bonchev–Trinajstić information content (AvgIpc) is 3.00. The molecule has 2 aromatic rings. The molecule has 0 unspecified atom stereocenters. The van der Waals surface area contributed by atoms with E-state index in [0.29, 0.717) is 34.3 Å². The summed E-state index contributed by atoms with van der Waals surface area (Å²) in [4.78, 5) is 15.1. The number of H-pyrrole nitrogens is 1. The number of rotatable bonds is 4. The molecule has 1 aromatic carbocycles. The number of halogens is 1. The smallest absolute Gasteiger partial charge is 0.356 e. The summed E-state index contributed by atoms with van der Waals surface area (Å²) in [5.41, 5.74) is 6.67. The van der Waals surface area contributed by atoms with Crippen LogP contribution in [0.5, 0.6) is 0 Å². The summed E-state index contributed by atoms with van der Waals surface area (Å²) in [5, 5.41) is 0.342. The Kier molecular flexibility index (Phi) is 5.05. The fraction of sp³-hybridized carbons (Fsp3) is 0.400. The van der Waals surface area contributed by atoms with Crippen molar-refractivity contribution in [3.63, 3.8) is 0 Å². The Morgan fingerprint density at radius 2 is 2.08 bits per heavy atom. The Hall–Kier alpha value is -1.62. The molecule has 0 amide bonds. The van der Waals surface area contributed by atoms with E-state index in [1.54, 1.807) is 19.1 Å². The number of ether oxygens (including phenoxy) is 2. The first-order valence-corrected chi connectivity index (χ1v) is 9.96. The van der Waals surface area contributed by atoms with Crippen molar-refractivity contribution in [2.24, 2.45) is 0 Å². The van der Waals surface area contributed by atoms with Crippen LogP contribution in [0.15, 0.2) is 21.5 Å². The topological polar surface area (TPSA) is 115 Å². The Bertz CT molecular complexity index is 919. The summed E-state index contributed by atoms with van der Waals surface area (Å²) >= 11 is 3.34. The lowest BCUT2D eigenvalue weighted by atomic mass is 10.2. The number of fused-ring (bicyclic) bond motifs is 1. The van der Waals surface area contributed by atoms with E-state index in [9.17, 15) is 13.2 Å². The zero-order valence-electron chi connectivity index (χ0n) is 13.5. The van der Waals surface area contributed by atoms with Gasteiger partial charge in [-0.05, 0) is 35.0 Å². The number of hydrogen-bond acceptors (Lipinski definition) is 6. The molecule has 10 heteroatoms. The van der Waals surface area contributed by atoms with Crippen molar-refractivity contribution in [3.05, 3.63) is 22.3 Å². The number of aromatic nitrogens is 1. The first-order valence-electron chi connectivity index (χ1n) is 7.72. The van der Waals surface area contributed by atoms with Crippen molar-refractivity contribution in [1.29, 1.82) is 0 Å². The molecule has 136 valence electrons. The Labute approximate surface area is 153 Å². The first-order chi connectivity index (χ1) is 11.9. The Balaban J connectivity index is 2.28. The molecular weight excluding hydrogens is 414 g/mol. The molecule has 2 heterocycles. The largest absolute Gasteiger partial charge is 0.461 e. The van der Waals surface area contributed by atoms with Crippen LogP contribution >= 0.6 is 15.9 Å². The molecule has 0 aliphatic carbocycles. The third-order valence-electron chi connectivity index (χ3n) is 3.93. The Morgan fingerprint density at radius 3 is 2.72 bits per heavy atom. The van der Waals surface area contributed by atoms with Gasteiger partial charge in [-0.15, -0.1) is 0 Å². The predicted molar refractivity (Wildman–Crippen MR) is 95.9 cm³/mol. The fourth-order valence-corrected chi connectivity index (χ4v) is 5.18. The zero-order valence-corrected chi connectivity index (χ0v) is 15.9. The summed E-state index contributed by atoms with van der Waals surface area (Å²) in [6.07, 6.45) is 0. The van der Waals surface area contributed by atoms with E-state index in [-0.39, 0.29) is 30.3 Å². The molecule has 3 rings (SSSR count). The highest BCUT2D eigenvalue weighted by Gasteiger charge is 2.35. The molecule has 0 atom stereocenters. The fourth-order valence-electron chi connectivity index (χ4n) is 2.76. The van der Waals surface area contributed by atoms with Gasteiger partial charge in [-0.25, -0.2) is 13.2 Å². The van der Waals surface area contributed by atoms with Crippen LogP contribution in [-0.4, -0.2) is 56.6 Å². The van der Waals surface area contributed by atoms with Gasteiger partial charge in [0.1, 0.15) is 10.6 Å². The predicted octanol–water partition coefficient (Wildman–Crippen LogP) is 1.71. The third-order valence-corrected chi connectivity index (χ3v) is 6.76. The minimum absolute atomic E-state index is 0.102. The second-order valence-electron chi connectivity index (χ2n) is 5.46. The number of sulfonamides is 1. The van der Waals surface area contributed by atoms with Crippen LogP contribution in [0.25, 0.3) is 10.9 Å². The number of hydrogen-bond donors (Lipinski definition) is 2. The van der Waals surface area contributed by atoms with Crippen molar-refractivity contribution in [2.45, 2.75) is 11.8 Å². The van der Waals surface area contributed by atoms with Crippen molar-refractivity contribution >= 4 is 48.5 Å². The van der Waals surface area contributed by atoms with Crippen LogP contribution in [0, 0.1) is 0 Å². The normalized spacial score (nSPS) is 16.2. The SMILES string of the molecule is CCOC(=O)c1[nH]c2ccc(N)c(Br)c2c1S(=O)(=O)N1CCOCC1. The van der Waals surface area contributed by atoms with E-state index in [1.807, 2.05) is 0 Å². The van der Waals surface area contributed by atoms with Crippen LogP contribution in [0.4, 0.5) is 5.69 Å². The summed E-state index contributed by atoms with van der Waals surface area (Å²) < 4.78 is 38.4. The molecule has 0 saturated carbocycles. The van der Waals surface area contributed by atoms with Crippen LogP contribution < -0.4 is 5.73 Å². The van der Waals surface area contributed by atoms with Gasteiger partial charge in [0, 0.05) is 29.7 Å². The van der Waals surface area contributed by atoms with Gasteiger partial charge in [0.2, 0.25) is 10.0 Å². The van der Waals surface area contributed by atoms with Gasteiger partial charge in [-0.2, -0.15) is 4.31 Å². The molecule has 1 fully saturated rings. The van der Waals surface area contributed by atoms with Crippen LogP contribution in [0.3, 0.4) is 0 Å². The van der Waals surface area contributed by atoms with Gasteiger partial charge < -0.3 is 20.2 Å². The number of aromatic amines is 1. The molecule has 0 spiro atoms. The van der Waals surface area contributed by atoms with Crippen molar-refractivity contribution in [1.82, 2.24) is 9.29 Å². The number of anilines is 1. The van der Waals surface area contributed by atoms with Crippen molar-refractivity contribution < 1.29 is 22.7 Å². The van der Waals surface area contributed by atoms with Crippen LogP contribution in [-0.2, 0) is 19.5 Å². The molecular formula is C15H18BrN3O5S. The van der Waals surface area contributed by atoms with Crippen molar-refractivity contribution in [2.75, 3.05) is 38.6 Å². The Morgan fingerprint density at radius 1 is 1.40 bits per heavy atom. The third kappa shape index (κ3) is 3.14. The minimum atomic E-state index is -3.94. The molecule has 1 aliphatic heterocycles. The van der Waals surface area contributed by atoms with Crippen LogP contribution in [0.1, 0.15) is 17.4 Å². The standard InChI is InChI=1S/C15H18BrN3O5S/c1-2-24-15(20)13-14(25(21,22)19-5-7-23-8-6-19)11-10(18-13)4-3-9(17)12(11)16/h3-4,18H,2,5-8,17H2,1H3. The monoisotopic (exact) mass is 431 g/mol. The van der Waals surface area contributed by atoms with E-state index in [2.05, 4.69) is 20.9 Å². The second kappa shape index (κ2) is 6.94. The molecule has 25 heavy (non-hydrogen) atoms. The van der Waals surface area contributed by atoms with E-state index < -0.39 is 16.0 Å². The van der Waals surface area contributed by atoms with Gasteiger partial charge in [0.05, 0.1) is 24.3 Å². The minimum Gasteiger partial charge on any atom is -0.461 e. The van der Waals surface area contributed by atoms with Gasteiger partial charge >= 0.3 is 5.97 Å². The maximum absolute atomic E-state index is 13.2. The molecule has 8 nitrogen and oxygen atoms in total. The van der Waals surface area contributed by atoms with E-state index in [4.69, 9.17) is 15.2 Å². The summed E-state index contributed by atoms with van der Waals surface area (Å²) in [7, 11) is -3.94. The summed E-state index contributed by atoms with van der Waals surface area (Å²) in [6, 6.07) is 3.26. The molecule has 0 bridgehead atoms. The molecule has 1 aromatic heterocycles. The highest BCUT2D eigenvalue weighted by atomic mass is 79.9. The number of nitrogens with one attached hydrogen (secondary N) is 1. The highest BCUT2D eigenvalue weighted by molar-refractivity contribution is 9.10. The van der Waals surface area contributed by atoms with E-state index in [1.165, 1.54) is 4.31 Å². The van der Waals surface area contributed by atoms with Crippen LogP contribution in [0.2, 0.25) is 0 Å². The number of nitrogens with two attached hydrogens (primary N) is 1. The molecule has 3 N–H and O–H groups in total. The number of nitrogen functional groups attached to an aromatic ring is 1. The lowest BCUT2D eigenvalue weighted by Gasteiger charge is -2.26. The maximum Gasteiger partial charge on any atom is 0.356 e. The van der Waals surface area contributed by atoms with Gasteiger partial charge in [0.15, 0.2) is 0 Å². The quantitative estimate of drug-likeness (QED) is 0.562. The van der Waals surface area contributed by atoms with Gasteiger partial charge in [-0.3, -0.25) is 0 Å². The van der Waals surface area contributed by atoms with E-state index >= 15 is 0 Å². The van der Waals surface area contributed by atoms with Gasteiger partial charge in [-0.1, -0.05) is 0 Å². The number of carbonyl (C=O) groups is 1. The first kappa shape index (κ1) is 18.2. The molecule has 1 saturated heterocycles. The molecule has 1 aliphatic rings. The number of carbonyl (C=O) groups excluding carboxylic acids is 1. The summed E-state index contributed by atoms with van der Waals surface area (Å²) in [5.74, 6) is -0.726. The highest BCUT2D eigenvalue weighted by Crippen LogP contribution is 2.38.